The van der Waals surface area contributed by atoms with Crippen molar-refractivity contribution in [1.29, 1.82) is 0 Å². The Morgan fingerprint density at radius 2 is 1.97 bits per heavy atom. The lowest BCUT2D eigenvalue weighted by Gasteiger charge is -2.24. The van der Waals surface area contributed by atoms with Gasteiger partial charge in [0.1, 0.15) is 18.2 Å². The van der Waals surface area contributed by atoms with Crippen molar-refractivity contribution >= 4 is 39.0 Å². The second-order valence-electron chi connectivity index (χ2n) is 8.00. The molecule has 0 amide bonds. The number of fused-ring (bicyclic) bond motifs is 1. The molecule has 0 aliphatic heterocycles. The standard InChI is InChI=1S/C23H23Cl2N3O6S/c1-33-22-9-14(24)5-7-21(22)34-20-8-6-15(10-17(20)25)35(31,32)13-26-18-3-2-4-19-16(18)11-27-28(19)12-23(29)30/h5-11,18,26H,2-4,12-13H2,1H3,(H,29,30)/t18-/m1/s1. The Morgan fingerprint density at radius 1 is 1.20 bits per heavy atom. The quantitative estimate of drug-likeness (QED) is 0.408. The van der Waals surface area contributed by atoms with Gasteiger partial charge in [-0.15, -0.1) is 0 Å². The molecule has 1 aliphatic rings. The molecule has 2 aromatic carbocycles. The van der Waals surface area contributed by atoms with Gasteiger partial charge >= 0.3 is 5.97 Å². The Labute approximate surface area is 212 Å². The van der Waals surface area contributed by atoms with Gasteiger partial charge in [0.05, 0.1) is 23.2 Å². The van der Waals surface area contributed by atoms with Crippen molar-refractivity contribution < 1.29 is 27.8 Å². The van der Waals surface area contributed by atoms with Crippen molar-refractivity contribution in [1.82, 2.24) is 15.1 Å². The molecule has 0 radical (unpaired) electrons. The highest BCUT2D eigenvalue weighted by Crippen LogP contribution is 2.37. The van der Waals surface area contributed by atoms with E-state index in [1.54, 1.807) is 24.4 Å². The van der Waals surface area contributed by atoms with Crippen molar-refractivity contribution in [3.63, 3.8) is 0 Å². The SMILES string of the molecule is COc1cc(Cl)ccc1Oc1ccc(S(=O)(=O)CN[C@@H]2CCCc3c2cnn3CC(=O)O)cc1Cl. The Balaban J connectivity index is 1.47. The normalized spacial score (nSPS) is 15.5. The summed E-state index contributed by atoms with van der Waals surface area (Å²) < 4.78 is 38.5. The zero-order valence-corrected chi connectivity index (χ0v) is 21.0. The molecule has 12 heteroatoms. The third kappa shape index (κ3) is 5.72. The number of sulfone groups is 1. The predicted molar refractivity (Wildman–Crippen MR) is 130 cm³/mol. The number of hydrogen-bond donors (Lipinski definition) is 2. The summed E-state index contributed by atoms with van der Waals surface area (Å²) in [7, 11) is -2.24. The summed E-state index contributed by atoms with van der Waals surface area (Å²) in [5.41, 5.74) is 1.64. The third-order valence-corrected chi connectivity index (χ3v) is 7.72. The van der Waals surface area contributed by atoms with E-state index in [2.05, 4.69) is 10.4 Å². The molecule has 0 saturated heterocycles. The molecule has 0 fully saturated rings. The van der Waals surface area contributed by atoms with E-state index in [-0.39, 0.29) is 34.1 Å². The Kier molecular flexibility index (Phi) is 7.56. The van der Waals surface area contributed by atoms with Gasteiger partial charge in [-0.2, -0.15) is 5.10 Å². The van der Waals surface area contributed by atoms with E-state index >= 15 is 0 Å². The van der Waals surface area contributed by atoms with Crippen LogP contribution in [-0.2, 0) is 27.6 Å². The Hall–Kier alpha value is -2.79. The maximum Gasteiger partial charge on any atom is 0.325 e. The number of halogens is 2. The first kappa shape index (κ1) is 25.3. The van der Waals surface area contributed by atoms with Crippen molar-refractivity contribution in [2.75, 3.05) is 13.0 Å². The van der Waals surface area contributed by atoms with Crippen molar-refractivity contribution in [3.8, 4) is 17.2 Å². The van der Waals surface area contributed by atoms with Crippen LogP contribution < -0.4 is 14.8 Å². The summed E-state index contributed by atoms with van der Waals surface area (Å²) in [4.78, 5) is 11.1. The van der Waals surface area contributed by atoms with Gasteiger partial charge < -0.3 is 14.6 Å². The summed E-state index contributed by atoms with van der Waals surface area (Å²) in [6.45, 7) is -0.227. The van der Waals surface area contributed by atoms with Gasteiger partial charge in [-0.1, -0.05) is 23.2 Å². The fourth-order valence-corrected chi connectivity index (χ4v) is 5.60. The van der Waals surface area contributed by atoms with Gasteiger partial charge in [-0.05, 0) is 49.6 Å². The van der Waals surface area contributed by atoms with Crippen LogP contribution >= 0.6 is 23.2 Å². The first-order valence-electron chi connectivity index (χ1n) is 10.7. The number of methoxy groups -OCH3 is 1. The van der Waals surface area contributed by atoms with E-state index in [0.29, 0.717) is 22.9 Å². The minimum absolute atomic E-state index is 0.0445. The number of ether oxygens (including phenoxy) is 2. The highest BCUT2D eigenvalue weighted by atomic mass is 35.5. The summed E-state index contributed by atoms with van der Waals surface area (Å²) >= 11 is 12.3. The Morgan fingerprint density at radius 3 is 2.69 bits per heavy atom. The van der Waals surface area contributed by atoms with Gasteiger partial charge in [-0.3, -0.25) is 14.8 Å². The number of benzene rings is 2. The van der Waals surface area contributed by atoms with Crippen molar-refractivity contribution in [2.24, 2.45) is 0 Å². The zero-order valence-electron chi connectivity index (χ0n) is 18.7. The molecule has 1 aliphatic carbocycles. The second kappa shape index (κ2) is 10.4. The van der Waals surface area contributed by atoms with E-state index in [9.17, 15) is 13.2 Å². The lowest BCUT2D eigenvalue weighted by Crippen LogP contribution is -2.30. The number of nitrogens with zero attached hydrogens (tertiary/aromatic N) is 2. The number of rotatable bonds is 9. The molecule has 35 heavy (non-hydrogen) atoms. The van der Waals surface area contributed by atoms with Gasteiger partial charge in [0.15, 0.2) is 21.3 Å². The zero-order chi connectivity index (χ0) is 25.2. The Bertz CT molecular complexity index is 1360. The van der Waals surface area contributed by atoms with Crippen LogP contribution in [0.15, 0.2) is 47.5 Å². The van der Waals surface area contributed by atoms with E-state index in [0.717, 1.165) is 24.1 Å². The molecule has 1 heterocycles. The number of aromatic nitrogens is 2. The van der Waals surface area contributed by atoms with Gasteiger partial charge in [-0.25, -0.2) is 8.42 Å². The largest absolute Gasteiger partial charge is 0.493 e. The van der Waals surface area contributed by atoms with E-state index in [1.807, 2.05) is 0 Å². The topological polar surface area (TPSA) is 120 Å². The van der Waals surface area contributed by atoms with Crippen molar-refractivity contribution in [2.45, 2.75) is 36.7 Å². The predicted octanol–water partition coefficient (Wildman–Crippen LogP) is 4.47. The molecule has 3 aromatic rings. The number of carboxylic acid groups (broad SMARTS) is 1. The maximum absolute atomic E-state index is 13.0. The van der Waals surface area contributed by atoms with E-state index in [4.69, 9.17) is 37.8 Å². The average molecular weight is 540 g/mol. The monoisotopic (exact) mass is 539 g/mol. The molecule has 0 spiro atoms. The number of carbonyl (C=O) groups is 1. The first-order valence-corrected chi connectivity index (χ1v) is 13.1. The molecule has 0 bridgehead atoms. The molecule has 9 nitrogen and oxygen atoms in total. The lowest BCUT2D eigenvalue weighted by molar-refractivity contribution is -0.137. The summed E-state index contributed by atoms with van der Waals surface area (Å²) in [6, 6.07) is 8.87. The van der Waals surface area contributed by atoms with E-state index in [1.165, 1.54) is 30.0 Å². The minimum Gasteiger partial charge on any atom is -0.493 e. The summed E-state index contributed by atoms with van der Waals surface area (Å²) in [5, 5.41) is 16.9. The second-order valence-corrected chi connectivity index (χ2v) is 10.8. The molecule has 186 valence electrons. The fourth-order valence-electron chi connectivity index (χ4n) is 3.99. The molecular formula is C23H23Cl2N3O6S. The highest BCUT2D eigenvalue weighted by Gasteiger charge is 2.27. The van der Waals surface area contributed by atoms with Crippen molar-refractivity contribution in [3.05, 3.63) is 63.9 Å². The van der Waals surface area contributed by atoms with Crippen LogP contribution in [0, 0.1) is 0 Å². The minimum atomic E-state index is -3.72. The number of aliphatic carboxylic acids is 1. The molecule has 1 aromatic heterocycles. The molecule has 2 N–H and O–H groups in total. The number of carboxylic acids is 1. The van der Waals surface area contributed by atoms with Crippen LogP contribution in [0.4, 0.5) is 0 Å². The molecular weight excluding hydrogens is 517 g/mol. The van der Waals surface area contributed by atoms with Gasteiger partial charge in [0.2, 0.25) is 0 Å². The van der Waals surface area contributed by atoms with Crippen LogP contribution in [0.5, 0.6) is 17.2 Å². The van der Waals surface area contributed by atoms with Crippen LogP contribution in [0.1, 0.15) is 30.1 Å². The van der Waals surface area contributed by atoms with Gasteiger partial charge in [0.25, 0.3) is 0 Å². The first-order chi connectivity index (χ1) is 16.7. The highest BCUT2D eigenvalue weighted by molar-refractivity contribution is 7.91. The number of hydrogen-bond acceptors (Lipinski definition) is 7. The molecule has 1 atom stereocenters. The molecule has 0 saturated carbocycles. The third-order valence-electron chi connectivity index (χ3n) is 5.68. The molecule has 4 rings (SSSR count). The van der Waals surface area contributed by atoms with Crippen LogP contribution in [0.2, 0.25) is 10.0 Å². The smallest absolute Gasteiger partial charge is 0.325 e. The number of nitrogens with one attached hydrogen (secondary N) is 1. The fraction of sp³-hybridized carbons (Fsp3) is 0.304. The summed E-state index contributed by atoms with van der Waals surface area (Å²) in [6.07, 6.45) is 3.82. The van der Waals surface area contributed by atoms with Crippen LogP contribution in [0.3, 0.4) is 0 Å². The van der Waals surface area contributed by atoms with Gasteiger partial charge in [0, 0.05) is 28.4 Å². The molecule has 0 unspecified atom stereocenters. The van der Waals surface area contributed by atoms with Crippen LogP contribution in [-0.4, -0.2) is 42.3 Å². The van der Waals surface area contributed by atoms with E-state index < -0.39 is 15.8 Å². The average Bonchev–Trinajstić information content (AvgIpc) is 3.22. The maximum atomic E-state index is 13.0. The summed E-state index contributed by atoms with van der Waals surface area (Å²) in [5.74, 6) is -0.238. The van der Waals surface area contributed by atoms with Crippen LogP contribution in [0.25, 0.3) is 0 Å². The lowest BCUT2D eigenvalue weighted by atomic mass is 9.93.